The molecule has 2 amide bonds. The minimum atomic E-state index is -0.755. The van der Waals surface area contributed by atoms with E-state index >= 15 is 0 Å². The number of ether oxygens (including phenoxy) is 2. The first-order chi connectivity index (χ1) is 15.4. The van der Waals surface area contributed by atoms with Crippen molar-refractivity contribution >= 4 is 28.8 Å². The van der Waals surface area contributed by atoms with Gasteiger partial charge in [0.2, 0.25) is 11.9 Å². The third-order valence-electron chi connectivity index (χ3n) is 5.19. The van der Waals surface area contributed by atoms with Crippen molar-refractivity contribution in [2.24, 2.45) is 5.92 Å². The van der Waals surface area contributed by atoms with Crippen LogP contribution in [-0.4, -0.2) is 41.6 Å². The van der Waals surface area contributed by atoms with E-state index in [9.17, 15) is 9.59 Å². The molecule has 0 spiro atoms. The number of carbonyl (C=O) groups excluding carboxylic acids is 2. The second-order valence-corrected chi connectivity index (χ2v) is 7.86. The second-order valence-electron chi connectivity index (χ2n) is 7.86. The number of para-hydroxylation sites is 2. The van der Waals surface area contributed by atoms with Crippen molar-refractivity contribution < 1.29 is 19.1 Å². The van der Waals surface area contributed by atoms with Gasteiger partial charge in [-0.2, -0.15) is 0 Å². The van der Waals surface area contributed by atoms with E-state index in [0.29, 0.717) is 23.0 Å². The summed E-state index contributed by atoms with van der Waals surface area (Å²) in [6.45, 7) is 6.55. The maximum absolute atomic E-state index is 13.2. The number of imidazole rings is 1. The zero-order valence-electron chi connectivity index (χ0n) is 19.1. The zero-order valence-corrected chi connectivity index (χ0v) is 19.1. The van der Waals surface area contributed by atoms with Crippen LogP contribution in [-0.2, 0) is 11.3 Å². The van der Waals surface area contributed by atoms with Gasteiger partial charge in [-0.1, -0.05) is 32.9 Å². The van der Waals surface area contributed by atoms with Gasteiger partial charge in [-0.3, -0.25) is 14.9 Å². The van der Waals surface area contributed by atoms with Gasteiger partial charge in [0.05, 0.1) is 25.3 Å². The van der Waals surface area contributed by atoms with Crippen molar-refractivity contribution in [3.05, 3.63) is 48.0 Å². The largest absolute Gasteiger partial charge is 0.497 e. The standard InChI is InChI=1S/C24H30N4O4/c1-6-11-28-20-10-8-7-9-19(20)25-24(28)27-23(30)21(15(2)3)26-22(29)16-12-17(31-4)14-18(13-16)32-5/h7-10,12-15,21H,6,11H2,1-5H3,(H,26,29)(H,25,27,30). The van der Waals surface area contributed by atoms with Crippen LogP contribution in [0.25, 0.3) is 11.0 Å². The van der Waals surface area contributed by atoms with E-state index in [1.54, 1.807) is 18.2 Å². The number of benzene rings is 2. The molecule has 3 rings (SSSR count). The van der Waals surface area contributed by atoms with Crippen LogP contribution >= 0.6 is 0 Å². The molecular weight excluding hydrogens is 408 g/mol. The molecule has 8 heteroatoms. The summed E-state index contributed by atoms with van der Waals surface area (Å²) in [6, 6.07) is 11.9. The summed E-state index contributed by atoms with van der Waals surface area (Å²) in [5.41, 5.74) is 2.11. The SMILES string of the molecule is CCCn1c(NC(=O)C(NC(=O)c2cc(OC)cc(OC)c2)C(C)C)nc2ccccc21. The lowest BCUT2D eigenvalue weighted by Crippen LogP contribution is -2.47. The first-order valence-electron chi connectivity index (χ1n) is 10.7. The smallest absolute Gasteiger partial charge is 0.252 e. The van der Waals surface area contributed by atoms with Gasteiger partial charge in [0, 0.05) is 18.2 Å². The molecule has 0 aliphatic carbocycles. The number of amides is 2. The van der Waals surface area contributed by atoms with Crippen LogP contribution in [0.4, 0.5) is 5.95 Å². The van der Waals surface area contributed by atoms with Crippen LogP contribution in [0.5, 0.6) is 11.5 Å². The first kappa shape index (κ1) is 23.1. The summed E-state index contributed by atoms with van der Waals surface area (Å²) in [5.74, 6) is 0.604. The summed E-state index contributed by atoms with van der Waals surface area (Å²) in [7, 11) is 3.03. The highest BCUT2D eigenvalue weighted by atomic mass is 16.5. The summed E-state index contributed by atoms with van der Waals surface area (Å²) in [6.07, 6.45) is 0.894. The van der Waals surface area contributed by atoms with Gasteiger partial charge in [0.1, 0.15) is 17.5 Å². The molecule has 0 fully saturated rings. The van der Waals surface area contributed by atoms with Crippen molar-refractivity contribution in [2.45, 2.75) is 39.8 Å². The Balaban J connectivity index is 1.84. The van der Waals surface area contributed by atoms with Gasteiger partial charge < -0.3 is 19.4 Å². The Bertz CT molecular complexity index is 1080. The molecule has 1 aromatic heterocycles. The lowest BCUT2D eigenvalue weighted by molar-refractivity contribution is -0.119. The number of rotatable bonds is 9. The number of hydrogen-bond acceptors (Lipinski definition) is 5. The molecule has 170 valence electrons. The molecule has 1 heterocycles. The monoisotopic (exact) mass is 438 g/mol. The number of carbonyl (C=O) groups is 2. The predicted molar refractivity (Wildman–Crippen MR) is 124 cm³/mol. The minimum Gasteiger partial charge on any atom is -0.497 e. The van der Waals surface area contributed by atoms with Crippen LogP contribution in [0.1, 0.15) is 37.6 Å². The van der Waals surface area contributed by atoms with Crippen molar-refractivity contribution in [1.29, 1.82) is 0 Å². The lowest BCUT2D eigenvalue weighted by Gasteiger charge is -2.22. The molecule has 2 N–H and O–H groups in total. The number of hydrogen-bond donors (Lipinski definition) is 2. The molecule has 3 aromatic rings. The molecule has 0 bridgehead atoms. The van der Waals surface area contributed by atoms with Gasteiger partial charge in [-0.05, 0) is 36.6 Å². The van der Waals surface area contributed by atoms with Crippen LogP contribution in [0, 0.1) is 5.92 Å². The summed E-state index contributed by atoms with van der Waals surface area (Å²) < 4.78 is 12.5. The maximum atomic E-state index is 13.2. The topological polar surface area (TPSA) is 94.5 Å². The molecule has 0 aliphatic rings. The summed E-state index contributed by atoms with van der Waals surface area (Å²) in [4.78, 5) is 30.7. The van der Waals surface area contributed by atoms with E-state index in [2.05, 4.69) is 22.5 Å². The maximum Gasteiger partial charge on any atom is 0.252 e. The normalized spacial score (nSPS) is 11.9. The Hall–Kier alpha value is -3.55. The summed E-state index contributed by atoms with van der Waals surface area (Å²) >= 11 is 0. The average Bonchev–Trinajstić information content (AvgIpc) is 3.13. The molecule has 1 unspecified atom stereocenters. The quantitative estimate of drug-likeness (QED) is 0.529. The van der Waals surface area contributed by atoms with Crippen LogP contribution in [0.15, 0.2) is 42.5 Å². The minimum absolute atomic E-state index is 0.143. The van der Waals surface area contributed by atoms with Gasteiger partial charge in [0.25, 0.3) is 5.91 Å². The van der Waals surface area contributed by atoms with Gasteiger partial charge >= 0.3 is 0 Å². The van der Waals surface area contributed by atoms with Gasteiger partial charge in [-0.15, -0.1) is 0 Å². The van der Waals surface area contributed by atoms with Gasteiger partial charge in [-0.25, -0.2) is 4.98 Å². The van der Waals surface area contributed by atoms with Crippen molar-refractivity contribution in [2.75, 3.05) is 19.5 Å². The zero-order chi connectivity index (χ0) is 23.3. The van der Waals surface area contributed by atoms with Crippen molar-refractivity contribution in [3.63, 3.8) is 0 Å². The fourth-order valence-electron chi connectivity index (χ4n) is 3.51. The molecule has 1 atom stereocenters. The summed E-state index contributed by atoms with van der Waals surface area (Å²) in [5, 5.41) is 5.76. The third-order valence-corrected chi connectivity index (χ3v) is 5.19. The number of aryl methyl sites for hydroxylation is 1. The highest BCUT2D eigenvalue weighted by Gasteiger charge is 2.27. The molecular formula is C24H30N4O4. The van der Waals surface area contributed by atoms with Crippen molar-refractivity contribution in [3.8, 4) is 11.5 Å². The Labute approximate surface area is 187 Å². The van der Waals surface area contributed by atoms with E-state index in [0.717, 1.165) is 24.0 Å². The number of anilines is 1. The second kappa shape index (κ2) is 10.2. The average molecular weight is 439 g/mol. The molecule has 0 aliphatic heterocycles. The Morgan fingerprint density at radius 1 is 1.06 bits per heavy atom. The highest BCUT2D eigenvalue weighted by Crippen LogP contribution is 2.23. The Kier molecular flexibility index (Phi) is 7.35. The van der Waals surface area contributed by atoms with E-state index in [1.807, 2.05) is 42.7 Å². The molecule has 0 radical (unpaired) electrons. The van der Waals surface area contributed by atoms with Crippen LogP contribution in [0.2, 0.25) is 0 Å². The number of methoxy groups -OCH3 is 2. The van der Waals surface area contributed by atoms with Crippen LogP contribution in [0.3, 0.4) is 0 Å². The molecule has 8 nitrogen and oxygen atoms in total. The van der Waals surface area contributed by atoms with E-state index < -0.39 is 11.9 Å². The first-order valence-corrected chi connectivity index (χ1v) is 10.7. The third kappa shape index (κ3) is 5.01. The van der Waals surface area contributed by atoms with E-state index in [1.165, 1.54) is 14.2 Å². The van der Waals surface area contributed by atoms with E-state index in [4.69, 9.17) is 9.47 Å². The number of aromatic nitrogens is 2. The van der Waals surface area contributed by atoms with Crippen molar-refractivity contribution in [1.82, 2.24) is 14.9 Å². The fraction of sp³-hybridized carbons (Fsp3) is 0.375. The molecule has 0 saturated heterocycles. The predicted octanol–water partition coefficient (Wildman–Crippen LogP) is 3.86. The molecule has 0 saturated carbocycles. The van der Waals surface area contributed by atoms with Gasteiger partial charge in [0.15, 0.2) is 0 Å². The molecule has 2 aromatic carbocycles. The Morgan fingerprint density at radius 2 is 1.72 bits per heavy atom. The van der Waals surface area contributed by atoms with E-state index in [-0.39, 0.29) is 11.8 Å². The lowest BCUT2D eigenvalue weighted by atomic mass is 10.0. The number of nitrogens with zero attached hydrogens (tertiary/aromatic N) is 2. The number of fused-ring (bicyclic) bond motifs is 1. The number of nitrogens with one attached hydrogen (secondary N) is 2. The molecule has 32 heavy (non-hydrogen) atoms. The van der Waals surface area contributed by atoms with Crippen LogP contribution < -0.4 is 20.1 Å². The fourth-order valence-corrected chi connectivity index (χ4v) is 3.51. The Morgan fingerprint density at radius 3 is 2.31 bits per heavy atom. The highest BCUT2D eigenvalue weighted by molar-refractivity contribution is 6.01.